The first-order chi connectivity index (χ1) is 9.69. The lowest BCUT2D eigenvalue weighted by Gasteiger charge is -2.21. The van der Waals surface area contributed by atoms with Crippen molar-refractivity contribution in [2.75, 3.05) is 19.5 Å². The second-order valence-corrected chi connectivity index (χ2v) is 6.59. The van der Waals surface area contributed by atoms with Gasteiger partial charge >= 0.3 is 0 Å². The molecule has 1 aromatic rings. The lowest BCUT2D eigenvalue weighted by molar-refractivity contribution is -0.387. The number of ether oxygens (including phenoxy) is 1. The molecular formula is C12H19N3O5S. The summed E-state index contributed by atoms with van der Waals surface area (Å²) in [5.74, 6) is -0.0418. The molecule has 0 heterocycles. The summed E-state index contributed by atoms with van der Waals surface area (Å²) in [5.41, 5.74) is 5.15. The molecule has 0 bridgehead atoms. The zero-order valence-electron chi connectivity index (χ0n) is 12.1. The van der Waals surface area contributed by atoms with Crippen LogP contribution in [0.15, 0.2) is 23.1 Å². The van der Waals surface area contributed by atoms with Crippen molar-refractivity contribution in [3.8, 4) is 0 Å². The Labute approximate surface area is 123 Å². The highest BCUT2D eigenvalue weighted by Gasteiger charge is 2.29. The Hall–Kier alpha value is -1.71. The van der Waals surface area contributed by atoms with E-state index >= 15 is 0 Å². The number of nitro benzene ring substituents is 1. The third-order valence-electron chi connectivity index (χ3n) is 2.93. The Morgan fingerprint density at radius 3 is 2.52 bits per heavy atom. The second-order valence-electron chi connectivity index (χ2n) is 4.91. The molecule has 0 aromatic heterocycles. The van der Waals surface area contributed by atoms with Crippen molar-refractivity contribution < 1.29 is 18.1 Å². The number of nitrogens with one attached hydrogen (secondary N) is 1. The van der Waals surface area contributed by atoms with Crippen molar-refractivity contribution in [3.05, 3.63) is 28.3 Å². The highest BCUT2D eigenvalue weighted by atomic mass is 32.2. The number of hydrogen-bond acceptors (Lipinski definition) is 6. The molecule has 8 nitrogen and oxygen atoms in total. The molecule has 0 spiro atoms. The van der Waals surface area contributed by atoms with Crippen molar-refractivity contribution in [1.29, 1.82) is 0 Å². The molecule has 1 unspecified atom stereocenters. The van der Waals surface area contributed by atoms with E-state index in [1.807, 2.05) is 13.8 Å². The third kappa shape index (κ3) is 4.38. The molecule has 1 rings (SSSR count). The molecule has 0 radical (unpaired) electrons. The maximum Gasteiger partial charge on any atom is 0.289 e. The molecule has 0 aliphatic rings. The molecule has 0 saturated heterocycles. The molecular weight excluding hydrogens is 298 g/mol. The van der Waals surface area contributed by atoms with Gasteiger partial charge in [0.05, 0.1) is 11.5 Å². The van der Waals surface area contributed by atoms with Crippen molar-refractivity contribution >= 4 is 21.4 Å². The van der Waals surface area contributed by atoms with Gasteiger partial charge in [-0.15, -0.1) is 0 Å². The number of anilines is 1. The zero-order valence-corrected chi connectivity index (χ0v) is 12.9. The van der Waals surface area contributed by atoms with Crippen LogP contribution >= 0.6 is 0 Å². The highest BCUT2D eigenvalue weighted by Crippen LogP contribution is 2.26. The van der Waals surface area contributed by atoms with Gasteiger partial charge in [0, 0.05) is 24.9 Å². The van der Waals surface area contributed by atoms with Crippen LogP contribution in [0.2, 0.25) is 0 Å². The SMILES string of the molecule is COCC(NS(=O)(=O)c1cc(N)ccc1[N+](=O)[O-])C(C)C. The van der Waals surface area contributed by atoms with Crippen LogP contribution in [0.25, 0.3) is 0 Å². The minimum atomic E-state index is -4.08. The third-order valence-corrected chi connectivity index (χ3v) is 4.45. The molecule has 0 saturated carbocycles. The zero-order chi connectivity index (χ0) is 16.2. The van der Waals surface area contributed by atoms with Crippen LogP contribution in [0.3, 0.4) is 0 Å². The summed E-state index contributed by atoms with van der Waals surface area (Å²) >= 11 is 0. The maximum atomic E-state index is 12.4. The fraction of sp³-hybridized carbons (Fsp3) is 0.500. The van der Waals surface area contributed by atoms with E-state index < -0.39 is 31.6 Å². The fourth-order valence-electron chi connectivity index (χ4n) is 1.70. The first kappa shape index (κ1) is 17.3. The molecule has 0 fully saturated rings. The summed E-state index contributed by atoms with van der Waals surface area (Å²) in [6.45, 7) is 3.80. The Bertz CT molecular complexity index is 615. The van der Waals surface area contributed by atoms with Gasteiger partial charge in [0.25, 0.3) is 5.69 Å². The van der Waals surface area contributed by atoms with E-state index in [0.29, 0.717) is 0 Å². The van der Waals surface area contributed by atoms with Crippen LogP contribution in [-0.4, -0.2) is 33.1 Å². The summed E-state index contributed by atoms with van der Waals surface area (Å²) in [7, 11) is -2.63. The normalized spacial score (nSPS) is 13.3. The van der Waals surface area contributed by atoms with Crippen LogP contribution < -0.4 is 10.5 Å². The fourth-order valence-corrected chi connectivity index (χ4v) is 3.28. The molecule has 0 aliphatic carbocycles. The summed E-state index contributed by atoms with van der Waals surface area (Å²) in [6.07, 6.45) is 0. The number of methoxy groups -OCH3 is 1. The van der Waals surface area contributed by atoms with Gasteiger partial charge in [-0.3, -0.25) is 10.1 Å². The van der Waals surface area contributed by atoms with Crippen molar-refractivity contribution in [2.45, 2.75) is 24.8 Å². The van der Waals surface area contributed by atoms with Gasteiger partial charge in [-0.25, -0.2) is 13.1 Å². The van der Waals surface area contributed by atoms with E-state index in [1.54, 1.807) is 0 Å². The van der Waals surface area contributed by atoms with Crippen LogP contribution in [0.4, 0.5) is 11.4 Å². The Morgan fingerprint density at radius 2 is 2.05 bits per heavy atom. The van der Waals surface area contributed by atoms with Gasteiger partial charge in [-0.1, -0.05) is 13.8 Å². The van der Waals surface area contributed by atoms with E-state index in [1.165, 1.54) is 13.2 Å². The molecule has 118 valence electrons. The Kier molecular flexibility index (Phi) is 5.64. The van der Waals surface area contributed by atoms with E-state index in [2.05, 4.69) is 4.72 Å². The molecule has 0 amide bonds. The number of nitro groups is 1. The minimum Gasteiger partial charge on any atom is -0.399 e. The number of hydrogen-bond donors (Lipinski definition) is 2. The predicted octanol–water partition coefficient (Wildman–Crippen LogP) is 1.13. The average Bonchev–Trinajstić information content (AvgIpc) is 2.37. The molecule has 1 atom stereocenters. The first-order valence-electron chi connectivity index (χ1n) is 6.24. The predicted molar refractivity (Wildman–Crippen MR) is 78.3 cm³/mol. The van der Waals surface area contributed by atoms with Crippen LogP contribution in [0, 0.1) is 16.0 Å². The van der Waals surface area contributed by atoms with Gasteiger partial charge in [0.1, 0.15) is 0 Å². The number of nitrogen functional groups attached to an aromatic ring is 1. The maximum absolute atomic E-state index is 12.4. The summed E-state index contributed by atoms with van der Waals surface area (Å²) < 4.78 is 32.1. The number of benzene rings is 1. The second kappa shape index (κ2) is 6.83. The van der Waals surface area contributed by atoms with Gasteiger partial charge in [-0.2, -0.15) is 0 Å². The number of sulfonamides is 1. The van der Waals surface area contributed by atoms with Crippen molar-refractivity contribution in [1.82, 2.24) is 4.72 Å². The van der Waals surface area contributed by atoms with E-state index in [-0.39, 0.29) is 18.2 Å². The highest BCUT2D eigenvalue weighted by molar-refractivity contribution is 7.89. The van der Waals surface area contributed by atoms with Gasteiger partial charge in [0.2, 0.25) is 10.0 Å². The topological polar surface area (TPSA) is 125 Å². The quantitative estimate of drug-likeness (QED) is 0.441. The lowest BCUT2D eigenvalue weighted by atomic mass is 10.1. The van der Waals surface area contributed by atoms with E-state index in [9.17, 15) is 18.5 Å². The standard InChI is InChI=1S/C12H19N3O5S/c1-8(2)10(7-20-3)14-21(18,19)12-6-9(13)4-5-11(12)15(16)17/h4-6,8,10,14H,7,13H2,1-3H3. The molecule has 0 aliphatic heterocycles. The van der Waals surface area contributed by atoms with Crippen LogP contribution in [0.5, 0.6) is 0 Å². The van der Waals surface area contributed by atoms with Crippen LogP contribution in [-0.2, 0) is 14.8 Å². The molecule has 1 aromatic carbocycles. The molecule has 3 N–H and O–H groups in total. The summed E-state index contributed by atoms with van der Waals surface area (Å²) in [4.78, 5) is 9.77. The van der Waals surface area contributed by atoms with Gasteiger partial charge < -0.3 is 10.5 Å². The van der Waals surface area contributed by atoms with Gasteiger partial charge in [-0.05, 0) is 18.1 Å². The van der Waals surface area contributed by atoms with E-state index in [4.69, 9.17) is 10.5 Å². The number of nitrogens with zero attached hydrogens (tertiary/aromatic N) is 1. The molecule has 21 heavy (non-hydrogen) atoms. The number of rotatable bonds is 7. The summed E-state index contributed by atoms with van der Waals surface area (Å²) in [6, 6.07) is 2.93. The smallest absolute Gasteiger partial charge is 0.289 e. The minimum absolute atomic E-state index is 0.0418. The largest absolute Gasteiger partial charge is 0.399 e. The summed E-state index contributed by atoms with van der Waals surface area (Å²) in [5, 5.41) is 11.0. The Balaban J connectivity index is 3.24. The van der Waals surface area contributed by atoms with Gasteiger partial charge in [0.15, 0.2) is 4.90 Å². The van der Waals surface area contributed by atoms with Crippen molar-refractivity contribution in [2.24, 2.45) is 5.92 Å². The average molecular weight is 317 g/mol. The molecule has 9 heteroatoms. The van der Waals surface area contributed by atoms with E-state index in [0.717, 1.165) is 12.1 Å². The Morgan fingerprint density at radius 1 is 1.43 bits per heavy atom. The van der Waals surface area contributed by atoms with Crippen molar-refractivity contribution in [3.63, 3.8) is 0 Å². The lowest BCUT2D eigenvalue weighted by Crippen LogP contribution is -2.41. The van der Waals surface area contributed by atoms with Crippen LogP contribution in [0.1, 0.15) is 13.8 Å². The monoisotopic (exact) mass is 317 g/mol. The number of nitrogens with two attached hydrogens (primary N) is 1. The first-order valence-corrected chi connectivity index (χ1v) is 7.72.